The number of fused-ring (bicyclic) bond motifs is 1. The third-order valence-electron chi connectivity index (χ3n) is 4.45. The summed E-state index contributed by atoms with van der Waals surface area (Å²) in [7, 11) is 0. The fourth-order valence-corrected chi connectivity index (χ4v) is 2.98. The van der Waals surface area contributed by atoms with Gasteiger partial charge in [0.15, 0.2) is 0 Å². The van der Waals surface area contributed by atoms with E-state index in [-0.39, 0.29) is 17.9 Å². The van der Waals surface area contributed by atoms with Gasteiger partial charge in [-0.1, -0.05) is 18.2 Å². The summed E-state index contributed by atoms with van der Waals surface area (Å²) >= 11 is 0. The number of carbonyl (C=O) groups excluding carboxylic acids is 1. The van der Waals surface area contributed by atoms with E-state index in [1.165, 1.54) is 10.8 Å². The number of aromatic nitrogens is 4. The molecule has 4 aromatic rings. The lowest BCUT2D eigenvalue weighted by Crippen LogP contribution is -2.23. The molecule has 29 heavy (non-hydrogen) atoms. The first-order chi connectivity index (χ1) is 14.1. The molecule has 0 aliphatic carbocycles. The molecule has 1 amide bonds. The van der Waals surface area contributed by atoms with Gasteiger partial charge in [-0.15, -0.1) is 0 Å². The maximum atomic E-state index is 12.5. The normalized spacial score (nSPS) is 10.8. The average molecular weight is 389 g/mol. The number of benzene rings is 2. The Morgan fingerprint density at radius 1 is 1.10 bits per heavy atom. The summed E-state index contributed by atoms with van der Waals surface area (Å²) in [5.41, 5.74) is 1.50. The maximum absolute atomic E-state index is 12.5. The molecule has 0 saturated heterocycles. The number of ether oxygens (including phenoxy) is 1. The van der Waals surface area contributed by atoms with Gasteiger partial charge in [-0.25, -0.2) is 9.97 Å². The van der Waals surface area contributed by atoms with Gasteiger partial charge in [-0.3, -0.25) is 14.7 Å². The van der Waals surface area contributed by atoms with Gasteiger partial charge >= 0.3 is 0 Å². The fourth-order valence-electron chi connectivity index (χ4n) is 2.98. The molecule has 0 aliphatic rings. The van der Waals surface area contributed by atoms with Crippen LogP contribution in [0.4, 0.5) is 5.69 Å². The van der Waals surface area contributed by atoms with Gasteiger partial charge in [0.25, 0.3) is 11.3 Å². The molecule has 2 aromatic heterocycles. The number of anilines is 1. The number of nitrogens with one attached hydrogen (secondary N) is 2. The molecule has 8 nitrogen and oxygen atoms in total. The number of H-pyrrole nitrogens is 1. The molecule has 0 fully saturated rings. The number of amides is 1. The number of nitrogens with zero attached hydrogens (tertiary/aromatic N) is 3. The van der Waals surface area contributed by atoms with Crippen LogP contribution in [0, 0.1) is 6.92 Å². The van der Waals surface area contributed by atoms with E-state index in [2.05, 4.69) is 20.4 Å². The standard InChI is InChI=1S/C21H19N5O3/c1-14-18(20(28)26-21(24-14)22-13-23-26)11-12-19(27)25-15-7-9-17(10-8-15)29-16-5-3-2-4-6-16/h2-10,13H,11-12H2,1H3,(H,25,27)(H,22,23,24). The average Bonchev–Trinajstić information content (AvgIpc) is 3.19. The van der Waals surface area contributed by atoms with E-state index >= 15 is 0 Å². The minimum Gasteiger partial charge on any atom is -0.457 e. The Hall–Kier alpha value is -3.94. The van der Waals surface area contributed by atoms with Crippen molar-refractivity contribution in [3.8, 4) is 11.5 Å². The zero-order chi connectivity index (χ0) is 20.2. The van der Waals surface area contributed by atoms with Gasteiger partial charge in [0, 0.05) is 17.7 Å². The monoisotopic (exact) mass is 389 g/mol. The molecular weight excluding hydrogens is 370 g/mol. The quantitative estimate of drug-likeness (QED) is 0.528. The Bertz CT molecular complexity index is 1200. The highest BCUT2D eigenvalue weighted by atomic mass is 16.5. The second kappa shape index (κ2) is 7.97. The van der Waals surface area contributed by atoms with Crippen molar-refractivity contribution in [1.82, 2.24) is 19.6 Å². The number of hydrogen-bond acceptors (Lipinski definition) is 5. The molecule has 2 N–H and O–H groups in total. The second-order valence-electron chi connectivity index (χ2n) is 6.49. The van der Waals surface area contributed by atoms with E-state index in [4.69, 9.17) is 4.74 Å². The highest BCUT2D eigenvalue weighted by molar-refractivity contribution is 5.90. The molecule has 0 aliphatic heterocycles. The lowest BCUT2D eigenvalue weighted by molar-refractivity contribution is -0.116. The van der Waals surface area contributed by atoms with Gasteiger partial charge in [0.2, 0.25) is 5.91 Å². The first-order valence-electron chi connectivity index (χ1n) is 9.14. The SMILES string of the molecule is Cc1nc2nc[nH]n2c(=O)c1CCC(=O)Nc1ccc(Oc2ccccc2)cc1. The Kier molecular flexibility index (Phi) is 5.07. The van der Waals surface area contributed by atoms with E-state index in [0.717, 1.165) is 5.75 Å². The summed E-state index contributed by atoms with van der Waals surface area (Å²) in [6, 6.07) is 16.6. The predicted molar refractivity (Wildman–Crippen MR) is 108 cm³/mol. The van der Waals surface area contributed by atoms with Crippen LogP contribution in [-0.4, -0.2) is 25.5 Å². The third kappa shape index (κ3) is 4.16. The van der Waals surface area contributed by atoms with Gasteiger partial charge in [0.1, 0.15) is 17.8 Å². The Balaban J connectivity index is 1.37. The van der Waals surface area contributed by atoms with E-state index in [0.29, 0.717) is 34.9 Å². The van der Waals surface area contributed by atoms with Crippen LogP contribution in [0.15, 0.2) is 65.7 Å². The topological polar surface area (TPSA) is 101 Å². The van der Waals surface area contributed by atoms with Crippen molar-refractivity contribution >= 4 is 17.4 Å². The number of hydrogen-bond donors (Lipinski definition) is 2. The molecule has 0 radical (unpaired) electrons. The molecule has 0 spiro atoms. The molecule has 8 heteroatoms. The van der Waals surface area contributed by atoms with Gasteiger partial charge in [0.05, 0.1) is 5.69 Å². The van der Waals surface area contributed by atoms with Crippen LogP contribution in [-0.2, 0) is 11.2 Å². The zero-order valence-electron chi connectivity index (χ0n) is 15.8. The molecule has 0 unspecified atom stereocenters. The predicted octanol–water partition coefficient (Wildman–Crippen LogP) is 3.09. The van der Waals surface area contributed by atoms with Crippen LogP contribution in [0.1, 0.15) is 17.7 Å². The van der Waals surface area contributed by atoms with Gasteiger partial charge < -0.3 is 10.1 Å². The molecule has 4 rings (SSSR count). The van der Waals surface area contributed by atoms with Crippen molar-refractivity contribution in [2.45, 2.75) is 19.8 Å². The Morgan fingerprint density at radius 3 is 2.59 bits per heavy atom. The number of aryl methyl sites for hydroxylation is 1. The van der Waals surface area contributed by atoms with Crippen molar-refractivity contribution in [1.29, 1.82) is 0 Å². The highest BCUT2D eigenvalue weighted by Crippen LogP contribution is 2.22. The van der Waals surface area contributed by atoms with Crippen molar-refractivity contribution in [3.63, 3.8) is 0 Å². The summed E-state index contributed by atoms with van der Waals surface area (Å²) < 4.78 is 7.00. The van der Waals surface area contributed by atoms with Crippen LogP contribution in [0.5, 0.6) is 11.5 Å². The van der Waals surface area contributed by atoms with Crippen LogP contribution in [0.2, 0.25) is 0 Å². The molecule has 0 bridgehead atoms. The zero-order valence-corrected chi connectivity index (χ0v) is 15.8. The number of carbonyl (C=O) groups is 1. The summed E-state index contributed by atoms with van der Waals surface area (Å²) in [4.78, 5) is 33.0. The maximum Gasteiger partial charge on any atom is 0.277 e. The van der Waals surface area contributed by atoms with Crippen molar-refractivity contribution in [2.24, 2.45) is 0 Å². The number of para-hydroxylation sites is 1. The largest absolute Gasteiger partial charge is 0.457 e. The minimum atomic E-state index is -0.236. The first kappa shape index (κ1) is 18.4. The Labute approximate surface area is 166 Å². The van der Waals surface area contributed by atoms with Crippen molar-refractivity contribution in [3.05, 3.63) is 82.5 Å². The number of rotatable bonds is 6. The van der Waals surface area contributed by atoms with Gasteiger partial charge in [-0.05, 0) is 49.7 Å². The highest BCUT2D eigenvalue weighted by Gasteiger charge is 2.13. The molecule has 146 valence electrons. The molecule has 2 aromatic carbocycles. The van der Waals surface area contributed by atoms with E-state index in [1.54, 1.807) is 31.2 Å². The van der Waals surface area contributed by atoms with Gasteiger partial charge in [-0.2, -0.15) is 4.52 Å². The van der Waals surface area contributed by atoms with E-state index in [1.807, 2.05) is 30.3 Å². The lowest BCUT2D eigenvalue weighted by Gasteiger charge is -2.08. The minimum absolute atomic E-state index is 0.167. The molecule has 0 saturated carbocycles. The smallest absolute Gasteiger partial charge is 0.277 e. The van der Waals surface area contributed by atoms with E-state index in [9.17, 15) is 9.59 Å². The van der Waals surface area contributed by atoms with E-state index < -0.39 is 0 Å². The second-order valence-corrected chi connectivity index (χ2v) is 6.49. The summed E-state index contributed by atoms with van der Waals surface area (Å²) in [6.45, 7) is 1.74. The Morgan fingerprint density at radius 2 is 1.83 bits per heavy atom. The third-order valence-corrected chi connectivity index (χ3v) is 4.45. The lowest BCUT2D eigenvalue weighted by atomic mass is 10.1. The summed E-state index contributed by atoms with van der Waals surface area (Å²) in [5, 5.41) is 5.55. The van der Waals surface area contributed by atoms with Crippen molar-refractivity contribution in [2.75, 3.05) is 5.32 Å². The number of aromatic amines is 1. The molecule has 2 heterocycles. The van der Waals surface area contributed by atoms with Crippen LogP contribution in [0.25, 0.3) is 5.78 Å². The molecular formula is C21H19N5O3. The van der Waals surface area contributed by atoms with Crippen LogP contribution < -0.4 is 15.6 Å². The fraction of sp³-hybridized carbons (Fsp3) is 0.143. The van der Waals surface area contributed by atoms with Crippen LogP contribution >= 0.6 is 0 Å². The molecule has 0 atom stereocenters. The summed E-state index contributed by atoms with van der Waals surface area (Å²) in [5.74, 6) is 1.55. The first-order valence-corrected chi connectivity index (χ1v) is 9.14. The van der Waals surface area contributed by atoms with Crippen molar-refractivity contribution < 1.29 is 9.53 Å². The summed E-state index contributed by atoms with van der Waals surface area (Å²) in [6.07, 6.45) is 1.87. The van der Waals surface area contributed by atoms with Crippen LogP contribution in [0.3, 0.4) is 0 Å².